The summed E-state index contributed by atoms with van der Waals surface area (Å²) >= 11 is 18.0. The maximum Gasteiger partial charge on any atom is 0.333 e. The van der Waals surface area contributed by atoms with Gasteiger partial charge in [0.1, 0.15) is 6.61 Å². The SMILES string of the molecule is C=C1C(=O)OCC1C(O)c1cn(S(=O)(=O)c2ccc(Cl)c(Cl)c2)c2ccc(Cl)cc12. The highest BCUT2D eigenvalue weighted by Gasteiger charge is 2.37. The first kappa shape index (κ1) is 21.2. The maximum atomic E-state index is 13.3. The van der Waals surface area contributed by atoms with Crippen LogP contribution in [0.25, 0.3) is 10.9 Å². The molecule has 1 aliphatic rings. The fourth-order valence-corrected chi connectivity index (χ4v) is 5.33. The van der Waals surface area contributed by atoms with Crippen molar-refractivity contribution in [2.45, 2.75) is 11.0 Å². The van der Waals surface area contributed by atoms with Crippen LogP contribution in [0.5, 0.6) is 0 Å². The van der Waals surface area contributed by atoms with Crippen LogP contribution in [0, 0.1) is 5.92 Å². The summed E-state index contributed by atoms with van der Waals surface area (Å²) < 4.78 is 32.6. The Labute approximate surface area is 187 Å². The van der Waals surface area contributed by atoms with Gasteiger partial charge in [0.2, 0.25) is 0 Å². The molecule has 0 radical (unpaired) electrons. The van der Waals surface area contributed by atoms with Gasteiger partial charge in [-0.1, -0.05) is 41.4 Å². The number of fused-ring (bicyclic) bond motifs is 1. The Balaban J connectivity index is 1.90. The summed E-state index contributed by atoms with van der Waals surface area (Å²) in [7, 11) is -4.08. The lowest BCUT2D eigenvalue weighted by molar-refractivity contribution is -0.135. The third-order valence-electron chi connectivity index (χ3n) is 5.01. The molecule has 0 saturated carbocycles. The van der Waals surface area contributed by atoms with Crippen molar-refractivity contribution in [3.63, 3.8) is 0 Å². The molecule has 2 atom stereocenters. The predicted octanol–water partition coefficient (Wildman–Crippen LogP) is 4.60. The lowest BCUT2D eigenvalue weighted by Gasteiger charge is -2.15. The van der Waals surface area contributed by atoms with Crippen molar-refractivity contribution >= 4 is 61.7 Å². The van der Waals surface area contributed by atoms with Crippen LogP contribution in [0.15, 0.2) is 59.6 Å². The first-order chi connectivity index (χ1) is 14.1. The molecule has 2 aromatic carbocycles. The zero-order valence-electron chi connectivity index (χ0n) is 15.2. The summed E-state index contributed by atoms with van der Waals surface area (Å²) in [6, 6.07) is 8.61. The number of esters is 1. The topological polar surface area (TPSA) is 85.6 Å². The van der Waals surface area contributed by atoms with Crippen LogP contribution in [0.3, 0.4) is 0 Å². The van der Waals surface area contributed by atoms with E-state index in [4.69, 9.17) is 39.5 Å². The largest absolute Gasteiger partial charge is 0.462 e. The van der Waals surface area contributed by atoms with E-state index in [9.17, 15) is 18.3 Å². The summed E-state index contributed by atoms with van der Waals surface area (Å²) in [6.45, 7) is 3.62. The van der Waals surface area contributed by atoms with E-state index in [1.807, 2.05) is 0 Å². The number of rotatable bonds is 4. The lowest BCUT2D eigenvalue weighted by Crippen LogP contribution is -2.15. The van der Waals surface area contributed by atoms with Gasteiger partial charge in [0.05, 0.1) is 32.5 Å². The minimum Gasteiger partial charge on any atom is -0.462 e. The van der Waals surface area contributed by atoms with Gasteiger partial charge in [-0.15, -0.1) is 0 Å². The van der Waals surface area contributed by atoms with E-state index in [0.717, 1.165) is 3.97 Å². The summed E-state index contributed by atoms with van der Waals surface area (Å²) in [5.41, 5.74) is 0.703. The van der Waals surface area contributed by atoms with Gasteiger partial charge >= 0.3 is 5.97 Å². The average molecular weight is 487 g/mol. The second kappa shape index (κ2) is 7.59. The Morgan fingerprint density at radius 3 is 2.50 bits per heavy atom. The Morgan fingerprint density at radius 2 is 1.87 bits per heavy atom. The molecule has 10 heteroatoms. The zero-order valence-corrected chi connectivity index (χ0v) is 18.3. The normalized spacial score (nSPS) is 18.1. The molecular formula is C20H14Cl3NO5S. The van der Waals surface area contributed by atoms with Crippen molar-refractivity contribution in [2.75, 3.05) is 6.61 Å². The van der Waals surface area contributed by atoms with E-state index in [0.29, 0.717) is 15.9 Å². The lowest BCUT2D eigenvalue weighted by atomic mass is 9.92. The number of hydrogen-bond acceptors (Lipinski definition) is 5. The fourth-order valence-electron chi connectivity index (χ4n) is 3.39. The molecule has 1 saturated heterocycles. The summed E-state index contributed by atoms with van der Waals surface area (Å²) in [6.07, 6.45) is 0.0785. The molecule has 1 aromatic heterocycles. The van der Waals surface area contributed by atoms with Crippen LogP contribution >= 0.6 is 34.8 Å². The number of cyclic esters (lactones) is 1. The first-order valence-electron chi connectivity index (χ1n) is 8.66. The molecule has 3 aromatic rings. The molecular weight excluding hydrogens is 473 g/mol. The fraction of sp³-hybridized carbons (Fsp3) is 0.150. The van der Waals surface area contributed by atoms with Crippen LogP contribution in [-0.4, -0.2) is 30.1 Å². The number of carbonyl (C=O) groups excluding carboxylic acids is 1. The van der Waals surface area contributed by atoms with E-state index in [1.54, 1.807) is 12.1 Å². The van der Waals surface area contributed by atoms with Gasteiger partial charge in [-0.3, -0.25) is 0 Å². The van der Waals surface area contributed by atoms with Crippen LogP contribution in [0.4, 0.5) is 0 Å². The number of hydrogen-bond donors (Lipinski definition) is 1. The molecule has 2 unspecified atom stereocenters. The highest BCUT2D eigenvalue weighted by atomic mass is 35.5. The number of ether oxygens (including phenoxy) is 1. The Morgan fingerprint density at radius 1 is 1.13 bits per heavy atom. The molecule has 0 bridgehead atoms. The zero-order chi connectivity index (χ0) is 21.8. The van der Waals surface area contributed by atoms with E-state index < -0.39 is 28.0 Å². The quantitative estimate of drug-likeness (QED) is 0.430. The highest BCUT2D eigenvalue weighted by molar-refractivity contribution is 7.90. The summed E-state index contributed by atoms with van der Waals surface area (Å²) in [5, 5.41) is 12.0. The molecule has 1 fully saturated rings. The van der Waals surface area contributed by atoms with Crippen molar-refractivity contribution in [3.8, 4) is 0 Å². The smallest absolute Gasteiger partial charge is 0.333 e. The van der Waals surface area contributed by atoms with E-state index in [-0.39, 0.29) is 32.7 Å². The van der Waals surface area contributed by atoms with E-state index in [2.05, 4.69) is 6.58 Å². The minimum atomic E-state index is -4.08. The van der Waals surface area contributed by atoms with Crippen LogP contribution < -0.4 is 0 Å². The molecule has 0 spiro atoms. The summed E-state index contributed by atoms with van der Waals surface area (Å²) in [5.74, 6) is -1.30. The second-order valence-electron chi connectivity index (χ2n) is 6.80. The van der Waals surface area contributed by atoms with Crippen LogP contribution in [-0.2, 0) is 19.6 Å². The first-order valence-corrected chi connectivity index (χ1v) is 11.2. The van der Waals surface area contributed by atoms with Crippen molar-refractivity contribution in [3.05, 3.63) is 75.4 Å². The Hall–Kier alpha value is -2.03. The van der Waals surface area contributed by atoms with Gasteiger partial charge in [0.15, 0.2) is 0 Å². The predicted molar refractivity (Wildman–Crippen MR) is 115 cm³/mol. The van der Waals surface area contributed by atoms with E-state index in [1.165, 1.54) is 30.5 Å². The van der Waals surface area contributed by atoms with Gasteiger partial charge in [0.25, 0.3) is 10.0 Å². The molecule has 30 heavy (non-hydrogen) atoms. The average Bonchev–Trinajstić information content (AvgIpc) is 3.24. The van der Waals surface area contributed by atoms with Gasteiger partial charge in [-0.25, -0.2) is 17.2 Å². The number of benzene rings is 2. The van der Waals surface area contributed by atoms with Gasteiger partial charge in [0, 0.05) is 27.7 Å². The van der Waals surface area contributed by atoms with Crippen molar-refractivity contribution in [1.82, 2.24) is 3.97 Å². The molecule has 0 aliphatic carbocycles. The molecule has 0 amide bonds. The molecule has 1 aliphatic heterocycles. The van der Waals surface area contributed by atoms with Gasteiger partial charge in [-0.05, 0) is 36.4 Å². The van der Waals surface area contributed by atoms with Crippen molar-refractivity contribution in [1.29, 1.82) is 0 Å². The van der Waals surface area contributed by atoms with Crippen LogP contribution in [0.2, 0.25) is 15.1 Å². The molecule has 4 rings (SSSR count). The number of aliphatic hydroxyl groups is 1. The molecule has 156 valence electrons. The Bertz CT molecular complexity index is 1320. The molecule has 6 nitrogen and oxygen atoms in total. The van der Waals surface area contributed by atoms with Gasteiger partial charge < -0.3 is 9.84 Å². The number of aliphatic hydroxyl groups excluding tert-OH is 1. The molecule has 1 N–H and O–H groups in total. The third-order valence-corrected chi connectivity index (χ3v) is 7.66. The number of halogens is 3. The highest BCUT2D eigenvalue weighted by Crippen LogP contribution is 2.39. The molecule has 2 heterocycles. The standard InChI is InChI=1S/C20H14Cl3NO5S/c1-10-15(9-29-20(10)26)19(25)14-8-24(18-5-2-11(21)6-13(14)18)30(27,28)12-3-4-16(22)17(23)7-12/h2-8,15,19,25H,1,9H2. The number of carbonyl (C=O) groups is 1. The van der Waals surface area contributed by atoms with Crippen molar-refractivity contribution < 1.29 is 23.1 Å². The van der Waals surface area contributed by atoms with Crippen LogP contribution in [0.1, 0.15) is 11.7 Å². The van der Waals surface area contributed by atoms with Crippen molar-refractivity contribution in [2.24, 2.45) is 5.92 Å². The summed E-state index contributed by atoms with van der Waals surface area (Å²) in [4.78, 5) is 11.6. The van der Waals surface area contributed by atoms with E-state index >= 15 is 0 Å². The third kappa shape index (κ3) is 3.40. The monoisotopic (exact) mass is 485 g/mol. The Kier molecular flexibility index (Phi) is 5.36. The number of nitrogens with zero attached hydrogens (tertiary/aromatic N) is 1. The number of aromatic nitrogens is 1. The van der Waals surface area contributed by atoms with Gasteiger partial charge in [-0.2, -0.15) is 0 Å². The second-order valence-corrected chi connectivity index (χ2v) is 9.86. The minimum absolute atomic E-state index is 0.0500. The maximum absolute atomic E-state index is 13.3.